The number of rotatable bonds is 5. The summed E-state index contributed by atoms with van der Waals surface area (Å²) in [4.78, 5) is 16.0. The standard InChI is InChI=1S/C10H16N4O3S/c1-7(6-18-8(2)15)10(16)11-9-5-14(12-17-9)13(3)4/h5,7H,6H2,1-4H3/t7-/m1/s1. The maximum atomic E-state index is 11.7. The van der Waals surface area contributed by atoms with Gasteiger partial charge in [0.25, 0.3) is 6.20 Å². The first-order valence-corrected chi connectivity index (χ1v) is 6.34. The first kappa shape index (κ1) is 14.5. The van der Waals surface area contributed by atoms with Crippen LogP contribution in [-0.4, -0.2) is 36.1 Å². The van der Waals surface area contributed by atoms with Crippen molar-refractivity contribution in [3.8, 4) is 0 Å². The number of carbonyl (C=O) groups is 1. The Kier molecular flexibility index (Phi) is 5.14. The molecule has 0 saturated heterocycles. The summed E-state index contributed by atoms with van der Waals surface area (Å²) >= 11 is 1.11. The summed E-state index contributed by atoms with van der Waals surface area (Å²) in [5.41, 5.74) is 0. The number of thioether (sulfide) groups is 1. The minimum Gasteiger partial charge on any atom is -0.861 e. The lowest BCUT2D eigenvalue weighted by atomic mass is 10.2. The monoisotopic (exact) mass is 272 g/mol. The average molecular weight is 272 g/mol. The molecule has 0 saturated carbocycles. The first-order chi connectivity index (χ1) is 8.40. The molecule has 18 heavy (non-hydrogen) atoms. The second-order valence-electron chi connectivity index (χ2n) is 3.96. The molecule has 8 heteroatoms. The van der Waals surface area contributed by atoms with Crippen LogP contribution in [0.3, 0.4) is 0 Å². The lowest BCUT2D eigenvalue weighted by Gasteiger charge is -2.16. The summed E-state index contributed by atoms with van der Waals surface area (Å²) in [6.45, 7) is 3.19. The zero-order chi connectivity index (χ0) is 13.7. The Hall–Kier alpha value is -1.57. The lowest BCUT2D eigenvalue weighted by Crippen LogP contribution is -2.53. The predicted octanol–water partition coefficient (Wildman–Crippen LogP) is -0.534. The van der Waals surface area contributed by atoms with Gasteiger partial charge in [-0.3, -0.25) is 9.32 Å². The quantitative estimate of drug-likeness (QED) is 0.407. The molecule has 1 rings (SSSR count). The maximum absolute atomic E-state index is 11.7. The molecule has 0 unspecified atom stereocenters. The molecule has 100 valence electrons. The molecule has 7 nitrogen and oxygen atoms in total. The molecule has 0 amide bonds. The minimum atomic E-state index is -0.336. The van der Waals surface area contributed by atoms with E-state index in [1.807, 2.05) is 0 Å². The normalized spacial score (nSPS) is 13.4. The topological polar surface area (TPSA) is 85.6 Å². The summed E-state index contributed by atoms with van der Waals surface area (Å²) in [5, 5.41) is 17.0. The van der Waals surface area contributed by atoms with Crippen LogP contribution in [0.2, 0.25) is 0 Å². The van der Waals surface area contributed by atoms with Gasteiger partial charge in [0.05, 0.1) is 18.9 Å². The number of hydrogen-bond acceptors (Lipinski definition) is 7. The van der Waals surface area contributed by atoms with Crippen LogP contribution in [0.25, 0.3) is 0 Å². The van der Waals surface area contributed by atoms with Gasteiger partial charge < -0.3 is 5.11 Å². The number of carbonyl (C=O) groups excluding carboxylic acids is 1. The highest BCUT2D eigenvalue weighted by molar-refractivity contribution is 8.13. The zero-order valence-electron chi connectivity index (χ0n) is 10.8. The molecule has 0 N–H and O–H groups in total. The third-order valence-corrected chi connectivity index (χ3v) is 3.11. The number of nitrogens with zero attached hydrogens (tertiary/aromatic N) is 4. The Morgan fingerprint density at radius 3 is 2.89 bits per heavy atom. The van der Waals surface area contributed by atoms with Crippen molar-refractivity contribution in [3.05, 3.63) is 6.20 Å². The van der Waals surface area contributed by atoms with E-state index >= 15 is 0 Å². The minimum absolute atomic E-state index is 0.0141. The fourth-order valence-electron chi connectivity index (χ4n) is 1.000. The van der Waals surface area contributed by atoms with E-state index in [1.165, 1.54) is 17.9 Å². The van der Waals surface area contributed by atoms with Crippen molar-refractivity contribution in [3.63, 3.8) is 0 Å². The van der Waals surface area contributed by atoms with Crippen molar-refractivity contribution in [1.29, 1.82) is 0 Å². The van der Waals surface area contributed by atoms with Crippen LogP contribution in [0.4, 0.5) is 5.88 Å². The van der Waals surface area contributed by atoms with E-state index in [-0.39, 0.29) is 22.8 Å². The Morgan fingerprint density at radius 1 is 1.72 bits per heavy atom. The summed E-state index contributed by atoms with van der Waals surface area (Å²) < 4.78 is 4.88. The third-order valence-electron chi connectivity index (χ3n) is 2.03. The Bertz CT molecular complexity index is 444. The predicted molar refractivity (Wildman–Crippen MR) is 66.2 cm³/mol. The van der Waals surface area contributed by atoms with Gasteiger partial charge in [0.15, 0.2) is 5.12 Å². The van der Waals surface area contributed by atoms with Crippen LogP contribution in [0.5, 0.6) is 0 Å². The van der Waals surface area contributed by atoms with Crippen LogP contribution in [0.1, 0.15) is 13.8 Å². The van der Waals surface area contributed by atoms with Crippen molar-refractivity contribution in [2.24, 2.45) is 10.9 Å². The molecule has 0 spiro atoms. The lowest BCUT2D eigenvalue weighted by molar-refractivity contribution is -0.753. The van der Waals surface area contributed by atoms with Crippen molar-refractivity contribution >= 4 is 28.7 Å². The Morgan fingerprint density at radius 2 is 2.39 bits per heavy atom. The zero-order valence-corrected chi connectivity index (χ0v) is 11.6. The van der Waals surface area contributed by atoms with Gasteiger partial charge in [0, 0.05) is 12.7 Å². The van der Waals surface area contributed by atoms with Crippen LogP contribution in [0, 0.1) is 5.92 Å². The maximum Gasteiger partial charge on any atom is 0.324 e. The molecule has 1 heterocycles. The summed E-state index contributed by atoms with van der Waals surface area (Å²) in [7, 11) is 3.56. The molecule has 1 aromatic heterocycles. The van der Waals surface area contributed by atoms with E-state index in [4.69, 9.17) is 4.52 Å². The summed E-state index contributed by atoms with van der Waals surface area (Å²) in [6, 6.07) is 0. The van der Waals surface area contributed by atoms with E-state index in [0.29, 0.717) is 5.75 Å². The van der Waals surface area contributed by atoms with Gasteiger partial charge in [-0.25, -0.2) is 4.99 Å². The van der Waals surface area contributed by atoms with Crippen LogP contribution in [-0.2, 0) is 4.79 Å². The second-order valence-corrected chi connectivity index (χ2v) is 5.16. The third kappa shape index (κ3) is 4.36. The van der Waals surface area contributed by atoms with E-state index in [9.17, 15) is 9.90 Å². The molecule has 1 atom stereocenters. The molecule has 0 radical (unpaired) electrons. The van der Waals surface area contributed by atoms with Gasteiger partial charge in [0.2, 0.25) is 5.27 Å². The molecule has 0 aliphatic carbocycles. The van der Waals surface area contributed by atoms with Crippen LogP contribution in [0.15, 0.2) is 15.7 Å². The summed E-state index contributed by atoms with van der Waals surface area (Å²) in [5.74, 6) is -0.101. The largest absolute Gasteiger partial charge is 0.861 e. The van der Waals surface area contributed by atoms with Gasteiger partial charge in [-0.2, -0.15) is 5.01 Å². The van der Waals surface area contributed by atoms with Crippen molar-refractivity contribution in [1.82, 2.24) is 5.27 Å². The Labute approximate surface area is 109 Å². The molecule has 0 fully saturated rings. The SMILES string of the molecule is CC(=O)SC[C@@H](C)C([O-])=Nc1c[n+](N(C)C)no1. The van der Waals surface area contributed by atoms with E-state index < -0.39 is 0 Å². The second kappa shape index (κ2) is 6.39. The van der Waals surface area contributed by atoms with Crippen molar-refractivity contribution in [2.75, 3.05) is 24.9 Å². The van der Waals surface area contributed by atoms with Gasteiger partial charge in [0.1, 0.15) is 0 Å². The van der Waals surface area contributed by atoms with Gasteiger partial charge in [-0.05, 0) is 11.8 Å². The highest BCUT2D eigenvalue weighted by atomic mass is 32.2. The number of aliphatic imine (C=N–C) groups is 1. The fraction of sp³-hybridized carbons (Fsp3) is 0.600. The van der Waals surface area contributed by atoms with Gasteiger partial charge in [-0.1, -0.05) is 18.7 Å². The molecule has 0 aliphatic heterocycles. The van der Waals surface area contributed by atoms with Gasteiger partial charge in [-0.15, -0.1) is 0 Å². The molecule has 0 aromatic carbocycles. The smallest absolute Gasteiger partial charge is 0.324 e. The van der Waals surface area contributed by atoms with Crippen LogP contribution >= 0.6 is 11.8 Å². The van der Waals surface area contributed by atoms with Gasteiger partial charge >= 0.3 is 5.88 Å². The molecule has 0 aliphatic rings. The highest BCUT2D eigenvalue weighted by Crippen LogP contribution is 2.12. The van der Waals surface area contributed by atoms with Crippen molar-refractivity contribution < 1.29 is 19.2 Å². The molecular formula is C10H16N4O3S. The first-order valence-electron chi connectivity index (χ1n) is 5.35. The van der Waals surface area contributed by atoms with E-state index in [1.54, 1.807) is 26.0 Å². The Balaban J connectivity index is 2.66. The molecular weight excluding hydrogens is 256 g/mol. The van der Waals surface area contributed by atoms with E-state index in [2.05, 4.69) is 10.3 Å². The van der Waals surface area contributed by atoms with Crippen LogP contribution < -0.4 is 14.9 Å². The number of aromatic nitrogens is 2. The highest BCUT2D eigenvalue weighted by Gasteiger charge is 2.13. The molecule has 1 aromatic rings. The number of hydrogen-bond donors (Lipinski definition) is 0. The average Bonchev–Trinajstić information content (AvgIpc) is 2.74. The van der Waals surface area contributed by atoms with Crippen molar-refractivity contribution in [2.45, 2.75) is 13.8 Å². The van der Waals surface area contributed by atoms with E-state index in [0.717, 1.165) is 11.8 Å². The molecule has 0 bridgehead atoms. The summed E-state index contributed by atoms with van der Waals surface area (Å²) in [6.07, 6.45) is 1.50. The fourth-order valence-corrected chi connectivity index (χ4v) is 1.63.